The van der Waals surface area contributed by atoms with Crippen LogP contribution in [-0.2, 0) is 4.79 Å². The number of pyridine rings is 1. The highest BCUT2D eigenvalue weighted by molar-refractivity contribution is 5.90. The number of hydrogen-bond donors (Lipinski definition) is 1. The fourth-order valence-corrected chi connectivity index (χ4v) is 1.25. The summed E-state index contributed by atoms with van der Waals surface area (Å²) in [5.41, 5.74) is 1.78. The number of carbonyl (C=O) groups excluding carboxylic acids is 1. The monoisotopic (exact) mass is 189 g/mol. The summed E-state index contributed by atoms with van der Waals surface area (Å²) in [5, 5.41) is 6.86. The van der Waals surface area contributed by atoms with E-state index in [-0.39, 0.29) is 5.91 Å². The van der Waals surface area contributed by atoms with Gasteiger partial charge in [-0.05, 0) is 18.2 Å². The van der Waals surface area contributed by atoms with Crippen molar-refractivity contribution >= 4 is 17.1 Å². The zero-order valence-corrected chi connectivity index (χ0v) is 7.90. The zero-order valence-electron chi connectivity index (χ0n) is 7.90. The number of carbonyl (C=O) groups is 1. The van der Waals surface area contributed by atoms with Crippen LogP contribution in [0, 0.1) is 0 Å². The Morgan fingerprint density at radius 3 is 3.21 bits per heavy atom. The Balaban J connectivity index is 2.30. The Labute approximate surface area is 81.5 Å². The highest BCUT2D eigenvalue weighted by Crippen LogP contribution is 2.11. The van der Waals surface area contributed by atoms with Gasteiger partial charge in [0, 0.05) is 24.5 Å². The van der Waals surface area contributed by atoms with Crippen molar-refractivity contribution < 1.29 is 4.79 Å². The fourth-order valence-electron chi connectivity index (χ4n) is 1.25. The minimum absolute atomic E-state index is 0.0221. The van der Waals surface area contributed by atoms with Gasteiger partial charge in [-0.3, -0.25) is 4.79 Å². The molecule has 2 heterocycles. The largest absolute Gasteiger partial charge is 0.326 e. The molecule has 2 aromatic heterocycles. The van der Waals surface area contributed by atoms with Crippen LogP contribution in [-0.4, -0.2) is 15.5 Å². The molecule has 0 saturated carbocycles. The van der Waals surface area contributed by atoms with Gasteiger partial charge in [-0.1, -0.05) is 6.92 Å². The number of nitrogens with zero attached hydrogens (tertiary/aromatic N) is 2. The van der Waals surface area contributed by atoms with Crippen molar-refractivity contribution in [1.29, 1.82) is 0 Å². The van der Waals surface area contributed by atoms with Crippen LogP contribution in [0.3, 0.4) is 0 Å². The van der Waals surface area contributed by atoms with Crippen LogP contribution >= 0.6 is 0 Å². The van der Waals surface area contributed by atoms with E-state index in [1.165, 1.54) is 0 Å². The molecule has 0 unspecified atom stereocenters. The Kier molecular flexibility index (Phi) is 2.18. The maximum absolute atomic E-state index is 11.1. The van der Waals surface area contributed by atoms with Crippen LogP contribution < -0.4 is 5.32 Å². The van der Waals surface area contributed by atoms with E-state index in [1.54, 1.807) is 10.7 Å². The van der Waals surface area contributed by atoms with Gasteiger partial charge in [-0.15, -0.1) is 0 Å². The summed E-state index contributed by atoms with van der Waals surface area (Å²) in [6, 6.07) is 5.61. The second kappa shape index (κ2) is 3.49. The molecule has 0 aliphatic carbocycles. The summed E-state index contributed by atoms with van der Waals surface area (Å²) < 4.78 is 1.75. The third-order valence-electron chi connectivity index (χ3n) is 2.00. The summed E-state index contributed by atoms with van der Waals surface area (Å²) in [4.78, 5) is 11.1. The molecule has 0 aliphatic rings. The quantitative estimate of drug-likeness (QED) is 0.781. The molecule has 2 aromatic rings. The minimum Gasteiger partial charge on any atom is -0.326 e. The predicted molar refractivity (Wildman–Crippen MR) is 54.1 cm³/mol. The molecule has 1 amide bonds. The molecule has 4 nitrogen and oxygen atoms in total. The van der Waals surface area contributed by atoms with E-state index in [0.717, 1.165) is 11.2 Å². The molecule has 0 fully saturated rings. The standard InChI is InChI=1S/C10H11N3O/c1-2-10(14)12-8-4-6-13-9(7-8)3-5-11-13/h3-7H,2H2,1H3,(H,12,14). The van der Waals surface area contributed by atoms with Gasteiger partial charge in [0.1, 0.15) is 0 Å². The van der Waals surface area contributed by atoms with E-state index >= 15 is 0 Å². The van der Waals surface area contributed by atoms with Gasteiger partial charge in [-0.2, -0.15) is 5.10 Å². The topological polar surface area (TPSA) is 46.4 Å². The molecule has 0 saturated heterocycles. The molecular weight excluding hydrogens is 178 g/mol. The van der Waals surface area contributed by atoms with Crippen LogP contribution in [0.25, 0.3) is 5.52 Å². The number of amides is 1. The Bertz CT molecular complexity index is 461. The SMILES string of the molecule is CCC(=O)Nc1ccn2nccc2c1. The minimum atomic E-state index is 0.0221. The number of fused-ring (bicyclic) bond motifs is 1. The van der Waals surface area contributed by atoms with Crippen LogP contribution in [0.2, 0.25) is 0 Å². The first kappa shape index (κ1) is 8.74. The smallest absolute Gasteiger partial charge is 0.224 e. The summed E-state index contributed by atoms with van der Waals surface area (Å²) in [6.45, 7) is 1.83. The Morgan fingerprint density at radius 2 is 2.43 bits per heavy atom. The van der Waals surface area contributed by atoms with E-state index in [1.807, 2.05) is 31.3 Å². The Morgan fingerprint density at radius 1 is 1.57 bits per heavy atom. The molecule has 2 rings (SSSR count). The van der Waals surface area contributed by atoms with Crippen LogP contribution in [0.15, 0.2) is 30.6 Å². The molecule has 72 valence electrons. The first-order valence-corrected chi connectivity index (χ1v) is 4.53. The highest BCUT2D eigenvalue weighted by Gasteiger charge is 1.99. The highest BCUT2D eigenvalue weighted by atomic mass is 16.1. The van der Waals surface area contributed by atoms with Crippen LogP contribution in [0.1, 0.15) is 13.3 Å². The van der Waals surface area contributed by atoms with E-state index < -0.39 is 0 Å². The molecule has 0 aliphatic heterocycles. The third kappa shape index (κ3) is 1.59. The van der Waals surface area contributed by atoms with Gasteiger partial charge in [0.25, 0.3) is 0 Å². The van der Waals surface area contributed by atoms with Crippen molar-refractivity contribution in [3.63, 3.8) is 0 Å². The number of hydrogen-bond acceptors (Lipinski definition) is 2. The summed E-state index contributed by atoms with van der Waals surface area (Å²) >= 11 is 0. The molecular formula is C10H11N3O. The van der Waals surface area contributed by atoms with Crippen molar-refractivity contribution in [1.82, 2.24) is 9.61 Å². The third-order valence-corrected chi connectivity index (χ3v) is 2.00. The first-order chi connectivity index (χ1) is 6.79. The molecule has 0 radical (unpaired) electrons. The van der Waals surface area contributed by atoms with Crippen molar-refractivity contribution in [3.8, 4) is 0 Å². The lowest BCUT2D eigenvalue weighted by molar-refractivity contribution is -0.115. The Hall–Kier alpha value is -1.84. The van der Waals surface area contributed by atoms with Crippen LogP contribution in [0.5, 0.6) is 0 Å². The lowest BCUT2D eigenvalue weighted by Crippen LogP contribution is -2.09. The van der Waals surface area contributed by atoms with E-state index in [9.17, 15) is 4.79 Å². The van der Waals surface area contributed by atoms with Crippen molar-refractivity contribution in [2.24, 2.45) is 0 Å². The van der Waals surface area contributed by atoms with Gasteiger partial charge >= 0.3 is 0 Å². The normalized spacial score (nSPS) is 10.4. The molecule has 0 atom stereocenters. The molecule has 1 N–H and O–H groups in total. The maximum atomic E-state index is 11.1. The van der Waals surface area contributed by atoms with E-state index in [0.29, 0.717) is 6.42 Å². The molecule has 0 bridgehead atoms. The average molecular weight is 189 g/mol. The molecule has 14 heavy (non-hydrogen) atoms. The lowest BCUT2D eigenvalue weighted by Gasteiger charge is -2.03. The van der Waals surface area contributed by atoms with E-state index in [4.69, 9.17) is 0 Å². The summed E-state index contributed by atoms with van der Waals surface area (Å²) in [5.74, 6) is 0.0221. The number of anilines is 1. The van der Waals surface area contributed by atoms with Gasteiger partial charge in [0.05, 0.1) is 5.52 Å². The van der Waals surface area contributed by atoms with Crippen molar-refractivity contribution in [2.45, 2.75) is 13.3 Å². The fraction of sp³-hybridized carbons (Fsp3) is 0.200. The van der Waals surface area contributed by atoms with Gasteiger partial charge in [0.2, 0.25) is 5.91 Å². The van der Waals surface area contributed by atoms with Crippen LogP contribution in [0.4, 0.5) is 5.69 Å². The zero-order chi connectivity index (χ0) is 9.97. The number of nitrogens with one attached hydrogen (secondary N) is 1. The van der Waals surface area contributed by atoms with Gasteiger partial charge in [0.15, 0.2) is 0 Å². The first-order valence-electron chi connectivity index (χ1n) is 4.53. The van der Waals surface area contributed by atoms with Crippen molar-refractivity contribution in [3.05, 3.63) is 30.6 Å². The number of aromatic nitrogens is 2. The number of rotatable bonds is 2. The van der Waals surface area contributed by atoms with E-state index in [2.05, 4.69) is 10.4 Å². The summed E-state index contributed by atoms with van der Waals surface area (Å²) in [7, 11) is 0. The molecule has 4 heteroatoms. The van der Waals surface area contributed by atoms with Crippen molar-refractivity contribution in [2.75, 3.05) is 5.32 Å². The van der Waals surface area contributed by atoms with Gasteiger partial charge < -0.3 is 5.32 Å². The molecule has 0 spiro atoms. The average Bonchev–Trinajstić information content (AvgIpc) is 2.64. The predicted octanol–water partition coefficient (Wildman–Crippen LogP) is 1.68. The van der Waals surface area contributed by atoms with Gasteiger partial charge in [-0.25, -0.2) is 4.52 Å². The second-order valence-corrected chi connectivity index (χ2v) is 3.02. The summed E-state index contributed by atoms with van der Waals surface area (Å²) in [6.07, 6.45) is 4.03. The molecule has 0 aromatic carbocycles. The second-order valence-electron chi connectivity index (χ2n) is 3.02. The lowest BCUT2D eigenvalue weighted by atomic mass is 10.3. The maximum Gasteiger partial charge on any atom is 0.224 e.